The van der Waals surface area contributed by atoms with Crippen LogP contribution in [0.4, 0.5) is 4.39 Å². The molecule has 22 heavy (non-hydrogen) atoms. The molecular weight excluding hydrogens is 311 g/mol. The van der Waals surface area contributed by atoms with Crippen LogP contribution in [-0.4, -0.2) is 42.1 Å². The van der Waals surface area contributed by atoms with Gasteiger partial charge in [-0.25, -0.2) is 9.18 Å². The molecule has 0 saturated carbocycles. The Morgan fingerprint density at radius 2 is 2.05 bits per heavy atom. The highest BCUT2D eigenvalue weighted by Gasteiger charge is 2.37. The number of nitrogens with two attached hydrogens (primary N) is 1. The summed E-state index contributed by atoms with van der Waals surface area (Å²) in [6.45, 7) is -0.355. The normalized spacial score (nSPS) is 18.5. The summed E-state index contributed by atoms with van der Waals surface area (Å²) in [5.74, 6) is -0.993. The average Bonchev–Trinajstić information content (AvgIpc) is 3.01. The molecule has 2 atom stereocenters. The van der Waals surface area contributed by atoms with E-state index in [0.29, 0.717) is 19.4 Å². The fourth-order valence-electron chi connectivity index (χ4n) is 2.38. The number of alkyl halides is 1. The van der Waals surface area contributed by atoms with E-state index in [1.165, 1.54) is 4.90 Å². The summed E-state index contributed by atoms with van der Waals surface area (Å²) in [4.78, 5) is 25.3. The van der Waals surface area contributed by atoms with Crippen molar-refractivity contribution in [3.8, 4) is 0 Å². The van der Waals surface area contributed by atoms with E-state index in [-0.39, 0.29) is 19.0 Å². The summed E-state index contributed by atoms with van der Waals surface area (Å²) in [7, 11) is 0. The number of hydrogen-bond donors (Lipinski definition) is 1. The smallest absolute Gasteiger partial charge is 0.329 e. The van der Waals surface area contributed by atoms with Gasteiger partial charge in [-0.2, -0.15) is 0 Å². The molecule has 1 aromatic carbocycles. The lowest BCUT2D eigenvalue weighted by atomic mass is 10.2. The Labute approximate surface area is 135 Å². The third kappa shape index (κ3) is 4.42. The van der Waals surface area contributed by atoms with Gasteiger partial charge in [-0.05, 0) is 18.4 Å². The van der Waals surface area contributed by atoms with Gasteiger partial charge in [0.2, 0.25) is 5.91 Å². The Hall–Kier alpha value is -1.66. The maximum absolute atomic E-state index is 12.5. The van der Waals surface area contributed by atoms with E-state index < -0.39 is 30.6 Å². The number of halogens is 2. The second kappa shape index (κ2) is 8.70. The van der Waals surface area contributed by atoms with Crippen molar-refractivity contribution < 1.29 is 18.7 Å². The van der Waals surface area contributed by atoms with Gasteiger partial charge in [0, 0.05) is 6.54 Å². The first kappa shape index (κ1) is 18.4. The standard InChI is InChI=1S/C15H19FN2O3.ClH/c16-9-12(17)14(19)18-8-4-7-13(18)15(20)21-10-11-5-2-1-3-6-11;/h1-3,5-6,12-13H,4,7-10,17H2;1H/t12-,13-;/m0./s1. The molecule has 0 aromatic heterocycles. The maximum Gasteiger partial charge on any atom is 0.329 e. The highest BCUT2D eigenvalue weighted by Crippen LogP contribution is 2.20. The van der Waals surface area contributed by atoms with E-state index in [1.54, 1.807) is 0 Å². The zero-order valence-corrected chi connectivity index (χ0v) is 12.9. The molecule has 0 bridgehead atoms. The largest absolute Gasteiger partial charge is 0.459 e. The Morgan fingerprint density at radius 1 is 1.36 bits per heavy atom. The first-order valence-electron chi connectivity index (χ1n) is 6.96. The van der Waals surface area contributed by atoms with Crippen LogP contribution >= 0.6 is 12.4 Å². The molecule has 0 spiro atoms. The molecule has 0 aliphatic carbocycles. The van der Waals surface area contributed by atoms with Crippen molar-refractivity contribution in [1.29, 1.82) is 0 Å². The summed E-state index contributed by atoms with van der Waals surface area (Å²) in [5, 5.41) is 0. The monoisotopic (exact) mass is 330 g/mol. The van der Waals surface area contributed by atoms with Crippen molar-refractivity contribution in [3.63, 3.8) is 0 Å². The molecule has 5 nitrogen and oxygen atoms in total. The van der Waals surface area contributed by atoms with E-state index in [4.69, 9.17) is 10.5 Å². The van der Waals surface area contributed by atoms with Gasteiger partial charge in [0.15, 0.2) is 0 Å². The summed E-state index contributed by atoms with van der Waals surface area (Å²) in [6.07, 6.45) is 1.22. The number of ether oxygens (including phenoxy) is 1. The minimum atomic E-state index is -1.20. The number of amides is 1. The van der Waals surface area contributed by atoms with Gasteiger partial charge in [0.1, 0.15) is 25.4 Å². The van der Waals surface area contributed by atoms with E-state index in [2.05, 4.69) is 0 Å². The van der Waals surface area contributed by atoms with E-state index >= 15 is 0 Å². The molecule has 7 heteroatoms. The molecular formula is C15H20ClFN2O3. The van der Waals surface area contributed by atoms with E-state index in [1.807, 2.05) is 30.3 Å². The van der Waals surface area contributed by atoms with Crippen molar-refractivity contribution in [2.45, 2.75) is 31.5 Å². The van der Waals surface area contributed by atoms with Crippen molar-refractivity contribution in [1.82, 2.24) is 4.90 Å². The minimum Gasteiger partial charge on any atom is -0.459 e. The Bertz CT molecular complexity index is 501. The lowest BCUT2D eigenvalue weighted by molar-refractivity contribution is -0.155. The van der Waals surface area contributed by atoms with Crippen LogP contribution in [0.5, 0.6) is 0 Å². The second-order valence-electron chi connectivity index (χ2n) is 5.04. The van der Waals surface area contributed by atoms with Crippen molar-refractivity contribution >= 4 is 24.3 Å². The lowest BCUT2D eigenvalue weighted by Gasteiger charge is -2.25. The van der Waals surface area contributed by atoms with Gasteiger partial charge in [-0.1, -0.05) is 30.3 Å². The first-order valence-corrected chi connectivity index (χ1v) is 6.96. The number of carbonyl (C=O) groups is 2. The van der Waals surface area contributed by atoms with Gasteiger partial charge in [-0.3, -0.25) is 4.79 Å². The van der Waals surface area contributed by atoms with Gasteiger partial charge < -0.3 is 15.4 Å². The third-order valence-corrected chi connectivity index (χ3v) is 3.52. The summed E-state index contributed by atoms with van der Waals surface area (Å²) < 4.78 is 17.7. The molecule has 2 N–H and O–H groups in total. The molecule has 1 aliphatic heterocycles. The summed E-state index contributed by atoms with van der Waals surface area (Å²) in [5.41, 5.74) is 6.28. The van der Waals surface area contributed by atoms with Crippen LogP contribution in [0.3, 0.4) is 0 Å². The number of esters is 1. The number of rotatable bonds is 5. The molecule has 1 heterocycles. The molecule has 1 fully saturated rings. The van der Waals surface area contributed by atoms with Gasteiger partial charge in [0.25, 0.3) is 0 Å². The average molecular weight is 331 g/mol. The third-order valence-electron chi connectivity index (χ3n) is 3.52. The highest BCUT2D eigenvalue weighted by molar-refractivity contribution is 5.88. The quantitative estimate of drug-likeness (QED) is 0.829. The van der Waals surface area contributed by atoms with Crippen molar-refractivity contribution in [2.75, 3.05) is 13.2 Å². The van der Waals surface area contributed by atoms with Gasteiger partial charge >= 0.3 is 5.97 Å². The maximum atomic E-state index is 12.5. The van der Waals surface area contributed by atoms with Crippen molar-refractivity contribution in [3.05, 3.63) is 35.9 Å². The number of nitrogens with zero attached hydrogens (tertiary/aromatic N) is 1. The van der Waals surface area contributed by atoms with Gasteiger partial charge in [-0.15, -0.1) is 12.4 Å². The summed E-state index contributed by atoms with van der Waals surface area (Å²) in [6, 6.07) is 7.43. The first-order chi connectivity index (χ1) is 10.1. The van der Waals surface area contributed by atoms with Crippen LogP contribution in [0.25, 0.3) is 0 Å². The molecule has 2 rings (SSSR count). The minimum absolute atomic E-state index is 0. The van der Waals surface area contributed by atoms with E-state index in [0.717, 1.165) is 5.56 Å². The van der Waals surface area contributed by atoms with Crippen LogP contribution in [0.15, 0.2) is 30.3 Å². The number of benzene rings is 1. The van der Waals surface area contributed by atoms with Crippen LogP contribution in [0, 0.1) is 0 Å². The fourth-order valence-corrected chi connectivity index (χ4v) is 2.38. The van der Waals surface area contributed by atoms with Crippen LogP contribution in [0.2, 0.25) is 0 Å². The predicted octanol–water partition coefficient (Wildman–Crippen LogP) is 1.44. The molecule has 122 valence electrons. The SMILES string of the molecule is Cl.N[C@@H](CF)C(=O)N1CCC[C@H]1C(=O)OCc1ccccc1. The molecule has 1 amide bonds. The van der Waals surface area contributed by atoms with Gasteiger partial charge in [0.05, 0.1) is 0 Å². The predicted molar refractivity (Wildman–Crippen MR) is 82.2 cm³/mol. The number of hydrogen-bond acceptors (Lipinski definition) is 4. The Kier molecular flexibility index (Phi) is 7.27. The topological polar surface area (TPSA) is 72.6 Å². The summed E-state index contributed by atoms with van der Waals surface area (Å²) >= 11 is 0. The molecule has 1 aromatic rings. The lowest BCUT2D eigenvalue weighted by Crippen LogP contribution is -2.49. The van der Waals surface area contributed by atoms with Crippen LogP contribution in [-0.2, 0) is 20.9 Å². The Morgan fingerprint density at radius 3 is 2.68 bits per heavy atom. The van der Waals surface area contributed by atoms with Crippen LogP contribution < -0.4 is 5.73 Å². The molecule has 1 saturated heterocycles. The molecule has 1 aliphatic rings. The molecule has 0 radical (unpaired) electrons. The molecule has 0 unspecified atom stereocenters. The number of likely N-dealkylation sites (tertiary alicyclic amines) is 1. The highest BCUT2D eigenvalue weighted by atomic mass is 35.5. The van der Waals surface area contributed by atoms with Crippen molar-refractivity contribution in [2.24, 2.45) is 5.73 Å². The number of carbonyl (C=O) groups excluding carboxylic acids is 2. The zero-order chi connectivity index (χ0) is 15.2. The van der Waals surface area contributed by atoms with E-state index in [9.17, 15) is 14.0 Å². The fraction of sp³-hybridized carbons (Fsp3) is 0.467. The van der Waals surface area contributed by atoms with Crippen LogP contribution in [0.1, 0.15) is 18.4 Å². The zero-order valence-electron chi connectivity index (χ0n) is 12.1. The Balaban J connectivity index is 0.00000242. The second-order valence-corrected chi connectivity index (χ2v) is 5.04.